The molecule has 1 amide bonds. The molecule has 0 aromatic carbocycles. The Morgan fingerprint density at radius 3 is 1.19 bits per heavy atom. The van der Waals surface area contributed by atoms with Gasteiger partial charge in [0.05, 0.1) is 39.9 Å². The molecule has 0 saturated heterocycles. The Hall–Kier alpha value is -3.10. The van der Waals surface area contributed by atoms with E-state index in [2.05, 4.69) is 141 Å². The molecule has 0 aliphatic rings. The number of hydrogen-bond donors (Lipinski definition) is 3. The van der Waals surface area contributed by atoms with Gasteiger partial charge in [0.2, 0.25) is 5.91 Å². The molecular formula is C65H114N2O6P+. The van der Waals surface area contributed by atoms with Gasteiger partial charge in [-0.25, -0.2) is 4.57 Å². The van der Waals surface area contributed by atoms with E-state index in [4.69, 9.17) is 9.05 Å². The van der Waals surface area contributed by atoms with Gasteiger partial charge in [-0.1, -0.05) is 257 Å². The largest absolute Gasteiger partial charge is 0.472 e. The van der Waals surface area contributed by atoms with E-state index in [0.717, 1.165) is 116 Å². The molecule has 0 aliphatic heterocycles. The molecule has 0 radical (unpaired) electrons. The molecule has 0 aromatic rings. The van der Waals surface area contributed by atoms with E-state index >= 15 is 0 Å². The van der Waals surface area contributed by atoms with Crippen LogP contribution in [0.4, 0.5) is 0 Å². The Morgan fingerprint density at radius 1 is 0.473 bits per heavy atom. The summed E-state index contributed by atoms with van der Waals surface area (Å²) in [5, 5.41) is 14.0. The van der Waals surface area contributed by atoms with Crippen LogP contribution in [0.25, 0.3) is 0 Å². The second-order valence-electron chi connectivity index (χ2n) is 21.0. The van der Waals surface area contributed by atoms with Gasteiger partial charge >= 0.3 is 7.82 Å². The van der Waals surface area contributed by atoms with Crippen molar-refractivity contribution in [1.82, 2.24) is 5.32 Å². The summed E-state index contributed by atoms with van der Waals surface area (Å²) in [7, 11) is 1.58. The van der Waals surface area contributed by atoms with Crippen molar-refractivity contribution < 1.29 is 32.9 Å². The van der Waals surface area contributed by atoms with Gasteiger partial charge in [-0.2, -0.15) is 0 Å². The third-order valence-electron chi connectivity index (χ3n) is 12.7. The molecular weight excluding hydrogens is 936 g/mol. The Bertz CT molecular complexity index is 1620. The van der Waals surface area contributed by atoms with Crippen molar-refractivity contribution in [3.05, 3.63) is 122 Å². The van der Waals surface area contributed by atoms with Gasteiger partial charge in [-0.05, 0) is 89.9 Å². The van der Waals surface area contributed by atoms with Crippen LogP contribution in [-0.2, 0) is 18.4 Å². The number of unbranched alkanes of at least 4 members (excludes halogenated alkanes) is 20. The monoisotopic (exact) mass is 1050 g/mol. The fourth-order valence-corrected chi connectivity index (χ4v) is 8.81. The lowest BCUT2D eigenvalue weighted by Gasteiger charge is -2.26. The van der Waals surface area contributed by atoms with Crippen LogP contribution in [-0.4, -0.2) is 73.4 Å². The maximum Gasteiger partial charge on any atom is 0.472 e. The summed E-state index contributed by atoms with van der Waals surface area (Å²) >= 11 is 0. The molecule has 0 saturated carbocycles. The minimum absolute atomic E-state index is 0.0631. The second kappa shape index (κ2) is 54.7. The molecule has 0 aliphatic carbocycles. The Balaban J connectivity index is 4.24. The van der Waals surface area contributed by atoms with Crippen molar-refractivity contribution in [2.45, 2.75) is 244 Å². The SMILES string of the molecule is CC/C=C\C/C=C\C/C=C\C/C=C\C/C=C\C/C=C\C/C=C\C/C=C\C/C=C\C/C=C\CCCCCCC(=O)NC(COP(=O)(O)OCC[N+](C)(C)C)C(O)CCCCCCCCCCCCCCCCCCC. The number of carbonyl (C=O) groups excluding carboxylic acids is 1. The summed E-state index contributed by atoms with van der Waals surface area (Å²) in [6.45, 7) is 4.75. The summed E-state index contributed by atoms with van der Waals surface area (Å²) in [5.41, 5.74) is 0. The van der Waals surface area contributed by atoms with Crippen molar-refractivity contribution in [2.24, 2.45) is 0 Å². The van der Waals surface area contributed by atoms with E-state index in [0.29, 0.717) is 23.9 Å². The first-order valence-corrected chi connectivity index (χ1v) is 31.4. The summed E-state index contributed by atoms with van der Waals surface area (Å²) in [4.78, 5) is 23.3. The van der Waals surface area contributed by atoms with E-state index in [9.17, 15) is 19.4 Å². The smallest absolute Gasteiger partial charge is 0.391 e. The van der Waals surface area contributed by atoms with Crippen molar-refractivity contribution in [3.8, 4) is 0 Å². The Morgan fingerprint density at radius 2 is 0.811 bits per heavy atom. The first kappa shape index (κ1) is 70.9. The third kappa shape index (κ3) is 56.6. The maximum absolute atomic E-state index is 13.0. The lowest BCUT2D eigenvalue weighted by atomic mass is 10.0. The van der Waals surface area contributed by atoms with Crippen LogP contribution in [0.1, 0.15) is 232 Å². The van der Waals surface area contributed by atoms with Crippen LogP contribution in [0, 0.1) is 0 Å². The molecule has 0 bridgehead atoms. The highest BCUT2D eigenvalue weighted by molar-refractivity contribution is 7.47. The fraction of sp³-hybridized carbons (Fsp3) is 0.677. The molecule has 3 atom stereocenters. The van der Waals surface area contributed by atoms with Gasteiger partial charge in [-0.3, -0.25) is 13.8 Å². The molecule has 0 aromatic heterocycles. The number of nitrogens with zero attached hydrogens (tertiary/aromatic N) is 1. The summed E-state index contributed by atoms with van der Waals surface area (Å²) in [6.07, 6.45) is 81.1. The van der Waals surface area contributed by atoms with Crippen molar-refractivity contribution in [2.75, 3.05) is 40.9 Å². The number of quaternary nitrogens is 1. The van der Waals surface area contributed by atoms with Crippen LogP contribution in [0.2, 0.25) is 0 Å². The van der Waals surface area contributed by atoms with Gasteiger partial charge in [0.15, 0.2) is 0 Å². The second-order valence-corrected chi connectivity index (χ2v) is 22.4. The predicted octanol–water partition coefficient (Wildman–Crippen LogP) is 18.5. The topological polar surface area (TPSA) is 105 Å². The lowest BCUT2D eigenvalue weighted by Crippen LogP contribution is -2.46. The zero-order valence-corrected chi connectivity index (χ0v) is 49.2. The molecule has 3 N–H and O–H groups in total. The van der Waals surface area contributed by atoms with Crippen LogP contribution in [0.5, 0.6) is 0 Å². The standard InChI is InChI=1S/C65H113N2O6P/c1-6-8-10-12-14-16-18-20-22-24-25-26-27-28-29-30-31-32-33-34-35-36-37-38-39-40-41-43-45-47-49-51-53-55-57-59-65(69)66-63(62-73-74(70,71)72-61-60-67(3,4)5)64(68)58-56-54-52-50-48-46-44-42-23-21-19-17-15-13-11-9-7-2/h8,10,14,16,20,22,25-26,28-29,31-32,34-35,37-38,40-41,45,47,63-64,68H,6-7,9,11-13,15,17-19,21,23-24,27,30,33,36,39,42-44,46,48-62H2,1-5H3,(H-,66,69,70,71)/p+1/b10-8-,16-14-,22-20-,26-25-,29-28-,32-31-,35-34-,38-37-,41-40-,47-45-. The number of amides is 1. The van der Waals surface area contributed by atoms with E-state index in [1.54, 1.807) is 0 Å². The molecule has 0 rings (SSSR count). The highest BCUT2D eigenvalue weighted by Gasteiger charge is 2.28. The lowest BCUT2D eigenvalue weighted by molar-refractivity contribution is -0.870. The number of allylic oxidation sites excluding steroid dienone is 20. The van der Waals surface area contributed by atoms with Crippen LogP contribution in [0.15, 0.2) is 122 Å². The number of rotatable bonds is 53. The van der Waals surface area contributed by atoms with Crippen LogP contribution >= 0.6 is 7.82 Å². The quantitative estimate of drug-likeness (QED) is 0.0243. The molecule has 8 nitrogen and oxygen atoms in total. The van der Waals surface area contributed by atoms with Gasteiger partial charge < -0.3 is 19.8 Å². The molecule has 9 heteroatoms. The third-order valence-corrected chi connectivity index (χ3v) is 13.7. The normalized spacial score (nSPS) is 14.7. The number of nitrogens with one attached hydrogen (secondary N) is 1. The van der Waals surface area contributed by atoms with E-state index in [1.807, 2.05) is 21.1 Å². The highest BCUT2D eigenvalue weighted by Crippen LogP contribution is 2.43. The molecule has 0 spiro atoms. The number of likely N-dealkylation sites (N-methyl/N-ethyl adjacent to an activating group) is 1. The average molecular weight is 1050 g/mol. The molecule has 424 valence electrons. The number of aliphatic hydroxyl groups excluding tert-OH is 1. The summed E-state index contributed by atoms with van der Waals surface area (Å²) in [5.74, 6) is -0.173. The van der Waals surface area contributed by atoms with Crippen molar-refractivity contribution in [3.63, 3.8) is 0 Å². The number of phosphoric ester groups is 1. The maximum atomic E-state index is 13.0. The first-order chi connectivity index (χ1) is 36.0. The first-order valence-electron chi connectivity index (χ1n) is 29.9. The summed E-state index contributed by atoms with van der Waals surface area (Å²) in [6, 6.07) is -0.784. The summed E-state index contributed by atoms with van der Waals surface area (Å²) < 4.78 is 23.8. The fourth-order valence-electron chi connectivity index (χ4n) is 8.07. The zero-order valence-electron chi connectivity index (χ0n) is 48.3. The predicted molar refractivity (Wildman–Crippen MR) is 322 cm³/mol. The number of aliphatic hydroxyl groups is 1. The van der Waals surface area contributed by atoms with Gasteiger partial charge in [0, 0.05) is 6.42 Å². The number of phosphoric acid groups is 1. The van der Waals surface area contributed by atoms with Gasteiger partial charge in [0.25, 0.3) is 0 Å². The average Bonchev–Trinajstić information content (AvgIpc) is 3.36. The molecule has 0 heterocycles. The van der Waals surface area contributed by atoms with E-state index in [-0.39, 0.29) is 19.1 Å². The molecule has 0 fully saturated rings. The highest BCUT2D eigenvalue weighted by atomic mass is 31.2. The Labute approximate surface area is 456 Å². The minimum Gasteiger partial charge on any atom is -0.391 e. The Kier molecular flexibility index (Phi) is 52.4. The van der Waals surface area contributed by atoms with Crippen molar-refractivity contribution >= 4 is 13.7 Å². The van der Waals surface area contributed by atoms with Crippen LogP contribution in [0.3, 0.4) is 0 Å². The molecule has 74 heavy (non-hydrogen) atoms. The molecule has 3 unspecified atom stereocenters. The van der Waals surface area contributed by atoms with E-state index < -0.39 is 20.0 Å². The van der Waals surface area contributed by atoms with E-state index in [1.165, 1.54) is 89.9 Å². The van der Waals surface area contributed by atoms with Crippen LogP contribution < -0.4 is 5.32 Å². The van der Waals surface area contributed by atoms with Gasteiger partial charge in [-0.15, -0.1) is 0 Å². The minimum atomic E-state index is -4.34. The number of hydrogen-bond acceptors (Lipinski definition) is 5. The van der Waals surface area contributed by atoms with Crippen molar-refractivity contribution in [1.29, 1.82) is 0 Å². The zero-order chi connectivity index (χ0) is 54.2. The number of carbonyl (C=O) groups is 1. The van der Waals surface area contributed by atoms with Gasteiger partial charge in [0.1, 0.15) is 13.2 Å².